The van der Waals surface area contributed by atoms with Crippen molar-refractivity contribution in [3.05, 3.63) is 23.4 Å². The highest BCUT2D eigenvalue weighted by molar-refractivity contribution is 5.38. The fourth-order valence-corrected chi connectivity index (χ4v) is 2.93. The third kappa shape index (κ3) is 4.40. The monoisotopic (exact) mass is 265 g/mol. The molecule has 1 aliphatic heterocycles. The molecule has 0 N–H and O–H groups in total. The molecule has 0 aromatic heterocycles. The van der Waals surface area contributed by atoms with Gasteiger partial charge in [0.2, 0.25) is 0 Å². The van der Waals surface area contributed by atoms with E-state index in [-0.39, 0.29) is 0 Å². The van der Waals surface area contributed by atoms with Gasteiger partial charge in [0.15, 0.2) is 0 Å². The molecule has 1 heteroatoms. The van der Waals surface area contributed by atoms with Crippen LogP contribution in [0.25, 0.3) is 0 Å². The molecule has 1 nitrogen and oxygen atoms in total. The van der Waals surface area contributed by atoms with E-state index in [9.17, 15) is 0 Å². The van der Waals surface area contributed by atoms with Crippen LogP contribution >= 0.6 is 0 Å². The van der Waals surface area contributed by atoms with E-state index < -0.39 is 0 Å². The molecule has 1 unspecified atom stereocenters. The molecule has 112 valence electrons. The van der Waals surface area contributed by atoms with Crippen LogP contribution in [0.5, 0.6) is 0 Å². The second-order valence-electron chi connectivity index (χ2n) is 6.03. The number of nitrogens with zero attached hydrogens (tertiary/aromatic N) is 1. The maximum atomic E-state index is 4.25. The van der Waals surface area contributed by atoms with E-state index in [1.54, 1.807) is 11.1 Å². The van der Waals surface area contributed by atoms with Crippen LogP contribution in [0, 0.1) is 5.41 Å². The van der Waals surface area contributed by atoms with Crippen molar-refractivity contribution in [2.24, 2.45) is 5.41 Å². The Morgan fingerprint density at radius 2 is 1.68 bits per heavy atom. The average Bonchev–Trinajstić information content (AvgIpc) is 2.39. The van der Waals surface area contributed by atoms with Gasteiger partial charge in [-0.05, 0) is 43.6 Å². The van der Waals surface area contributed by atoms with Crippen molar-refractivity contribution in [2.45, 2.75) is 80.2 Å². The average molecular weight is 265 g/mol. The van der Waals surface area contributed by atoms with E-state index in [1.807, 2.05) is 27.7 Å². The number of allylic oxidation sites excluding steroid dienone is 1. The minimum Gasteiger partial charge on any atom is -0.372 e. The van der Waals surface area contributed by atoms with Gasteiger partial charge in [0, 0.05) is 18.8 Å². The Labute approximate surface area is 121 Å². The van der Waals surface area contributed by atoms with Crippen LogP contribution in [0.3, 0.4) is 0 Å². The SMILES string of the molecule is C=C1C2=C(CC(C)N1C)CC(C)(C)CC2.CC.CC. The Balaban J connectivity index is 0.000000741. The number of rotatable bonds is 0. The largest absolute Gasteiger partial charge is 0.372 e. The summed E-state index contributed by atoms with van der Waals surface area (Å²) in [5.41, 5.74) is 5.03. The van der Waals surface area contributed by atoms with Gasteiger partial charge in [-0.15, -0.1) is 0 Å². The van der Waals surface area contributed by atoms with Gasteiger partial charge in [-0.25, -0.2) is 0 Å². The Morgan fingerprint density at radius 1 is 1.16 bits per heavy atom. The molecule has 0 amide bonds. The third-order valence-electron chi connectivity index (χ3n) is 4.15. The summed E-state index contributed by atoms with van der Waals surface area (Å²) in [6.45, 7) is 19.3. The van der Waals surface area contributed by atoms with E-state index >= 15 is 0 Å². The summed E-state index contributed by atoms with van der Waals surface area (Å²) in [7, 11) is 2.18. The van der Waals surface area contributed by atoms with Crippen molar-refractivity contribution < 1.29 is 0 Å². The molecule has 0 aromatic rings. The first kappa shape index (κ1) is 18.3. The van der Waals surface area contributed by atoms with Crippen LogP contribution in [0.1, 0.15) is 74.1 Å². The zero-order valence-electron chi connectivity index (χ0n) is 14.6. The van der Waals surface area contributed by atoms with E-state index in [1.165, 1.54) is 31.4 Å². The van der Waals surface area contributed by atoms with Crippen LogP contribution in [-0.4, -0.2) is 18.0 Å². The smallest absolute Gasteiger partial charge is 0.0325 e. The third-order valence-corrected chi connectivity index (χ3v) is 4.15. The normalized spacial score (nSPS) is 24.7. The lowest BCUT2D eigenvalue weighted by Crippen LogP contribution is -2.36. The zero-order chi connectivity index (χ0) is 15.2. The van der Waals surface area contributed by atoms with Crippen molar-refractivity contribution >= 4 is 0 Å². The molecule has 19 heavy (non-hydrogen) atoms. The lowest BCUT2D eigenvalue weighted by Gasteiger charge is -2.43. The first-order valence-corrected chi connectivity index (χ1v) is 8.04. The standard InChI is InChI=1S/C14H23N.2C2H6/c1-10-8-12-9-14(3,4)7-6-13(12)11(2)15(10)5;2*1-2/h10H,2,6-9H2,1,3-5H3;2*1-2H3. The molecular weight excluding hydrogens is 230 g/mol. The second-order valence-corrected chi connectivity index (χ2v) is 6.03. The molecule has 0 bridgehead atoms. The van der Waals surface area contributed by atoms with Gasteiger partial charge in [0.1, 0.15) is 0 Å². The van der Waals surface area contributed by atoms with Crippen LogP contribution in [0.4, 0.5) is 0 Å². The molecule has 0 saturated heterocycles. The molecule has 0 fully saturated rings. The van der Waals surface area contributed by atoms with Gasteiger partial charge in [-0.3, -0.25) is 0 Å². The minimum atomic E-state index is 0.509. The Bertz CT molecular complexity index is 323. The highest BCUT2D eigenvalue weighted by Gasteiger charge is 2.33. The topological polar surface area (TPSA) is 3.24 Å². The van der Waals surface area contributed by atoms with Gasteiger partial charge in [-0.1, -0.05) is 53.7 Å². The Morgan fingerprint density at radius 3 is 2.21 bits per heavy atom. The number of hydrogen-bond donors (Lipinski definition) is 0. The molecule has 1 aliphatic carbocycles. The van der Waals surface area contributed by atoms with Gasteiger partial charge < -0.3 is 4.90 Å². The van der Waals surface area contributed by atoms with Crippen LogP contribution in [-0.2, 0) is 0 Å². The molecule has 0 aromatic carbocycles. The van der Waals surface area contributed by atoms with E-state index in [0.717, 1.165) is 0 Å². The van der Waals surface area contributed by atoms with Crippen molar-refractivity contribution in [1.29, 1.82) is 0 Å². The summed E-state index contributed by atoms with van der Waals surface area (Å²) < 4.78 is 0. The summed E-state index contributed by atoms with van der Waals surface area (Å²) in [5, 5.41) is 0. The van der Waals surface area contributed by atoms with Crippen LogP contribution in [0.15, 0.2) is 23.4 Å². The summed E-state index contributed by atoms with van der Waals surface area (Å²) in [5.74, 6) is 0. The first-order valence-electron chi connectivity index (χ1n) is 8.04. The molecule has 1 atom stereocenters. The molecule has 2 rings (SSSR count). The van der Waals surface area contributed by atoms with Gasteiger partial charge >= 0.3 is 0 Å². The fourth-order valence-electron chi connectivity index (χ4n) is 2.93. The summed E-state index contributed by atoms with van der Waals surface area (Å²) in [4.78, 5) is 2.34. The van der Waals surface area contributed by atoms with E-state index in [4.69, 9.17) is 0 Å². The molecular formula is C18H35N. The van der Waals surface area contributed by atoms with Gasteiger partial charge in [-0.2, -0.15) is 0 Å². The van der Waals surface area contributed by atoms with Gasteiger partial charge in [0.05, 0.1) is 0 Å². The highest BCUT2D eigenvalue weighted by Crippen LogP contribution is 2.45. The molecule has 2 aliphatic rings. The van der Waals surface area contributed by atoms with Crippen molar-refractivity contribution in [3.8, 4) is 0 Å². The molecule has 0 radical (unpaired) electrons. The van der Waals surface area contributed by atoms with Crippen molar-refractivity contribution in [3.63, 3.8) is 0 Å². The van der Waals surface area contributed by atoms with Crippen molar-refractivity contribution in [1.82, 2.24) is 4.90 Å². The maximum Gasteiger partial charge on any atom is 0.0325 e. The lowest BCUT2D eigenvalue weighted by atomic mass is 9.71. The summed E-state index contributed by atoms with van der Waals surface area (Å²) >= 11 is 0. The fraction of sp³-hybridized carbons (Fsp3) is 0.778. The van der Waals surface area contributed by atoms with Crippen LogP contribution in [0.2, 0.25) is 0 Å². The predicted molar refractivity (Wildman–Crippen MR) is 88.3 cm³/mol. The Hall–Kier alpha value is -0.720. The quantitative estimate of drug-likeness (QED) is 0.536. The second kappa shape index (κ2) is 7.77. The van der Waals surface area contributed by atoms with Crippen LogP contribution < -0.4 is 0 Å². The minimum absolute atomic E-state index is 0.509. The molecule has 0 saturated carbocycles. The number of likely N-dealkylation sites (N-methyl/N-ethyl adjacent to an activating group) is 1. The van der Waals surface area contributed by atoms with Gasteiger partial charge in [0.25, 0.3) is 0 Å². The summed E-state index contributed by atoms with van der Waals surface area (Å²) in [6.07, 6.45) is 5.07. The highest BCUT2D eigenvalue weighted by atomic mass is 15.1. The van der Waals surface area contributed by atoms with E-state index in [2.05, 4.69) is 39.3 Å². The molecule has 1 heterocycles. The zero-order valence-corrected chi connectivity index (χ0v) is 14.6. The predicted octanol–water partition coefficient (Wildman–Crippen LogP) is 5.78. The number of hydrogen-bond acceptors (Lipinski definition) is 1. The van der Waals surface area contributed by atoms with Crippen molar-refractivity contribution in [2.75, 3.05) is 7.05 Å². The molecule has 0 spiro atoms. The first-order chi connectivity index (χ1) is 8.91. The van der Waals surface area contributed by atoms with E-state index in [0.29, 0.717) is 11.5 Å². The Kier molecular flexibility index (Phi) is 7.47. The lowest BCUT2D eigenvalue weighted by molar-refractivity contribution is 0.255. The maximum absolute atomic E-state index is 4.25. The summed E-state index contributed by atoms with van der Waals surface area (Å²) in [6, 6.07) is 0.630.